The number of nitrogens with zero attached hydrogens (tertiary/aromatic N) is 2. The monoisotopic (exact) mass is 302 g/mol. The van der Waals surface area contributed by atoms with Crippen molar-refractivity contribution in [2.24, 2.45) is 0 Å². The van der Waals surface area contributed by atoms with Crippen LogP contribution in [0.3, 0.4) is 0 Å². The first kappa shape index (κ1) is 14.7. The first-order chi connectivity index (χ1) is 10.4. The zero-order valence-electron chi connectivity index (χ0n) is 12.2. The molecule has 0 spiro atoms. The quantitative estimate of drug-likeness (QED) is 0.850. The van der Waals surface area contributed by atoms with Gasteiger partial charge >= 0.3 is 0 Å². The lowest BCUT2D eigenvalue weighted by Crippen LogP contribution is -2.40. The van der Waals surface area contributed by atoms with Gasteiger partial charge in [0.05, 0.1) is 5.69 Å². The minimum Gasteiger partial charge on any atom is -0.396 e. The van der Waals surface area contributed by atoms with E-state index in [0.29, 0.717) is 6.04 Å². The molecule has 1 saturated carbocycles. The maximum Gasteiger partial charge on any atom is 0.123 e. The Morgan fingerprint density at radius 2 is 2.05 bits per heavy atom. The number of hydrogen-bond donors (Lipinski definition) is 1. The summed E-state index contributed by atoms with van der Waals surface area (Å²) in [4.78, 5) is 7.27. The second-order valence-corrected chi connectivity index (χ2v) is 6.50. The number of benzene rings is 1. The van der Waals surface area contributed by atoms with Crippen molar-refractivity contribution >= 4 is 11.3 Å². The summed E-state index contributed by atoms with van der Waals surface area (Å²) < 4.78 is 0. The molecule has 0 amide bonds. The van der Waals surface area contributed by atoms with E-state index in [4.69, 9.17) is 10.1 Å². The summed E-state index contributed by atoms with van der Waals surface area (Å²) in [6.45, 7) is 2.16. The van der Waals surface area contributed by atoms with Crippen LogP contribution in [-0.4, -0.2) is 34.2 Å². The molecule has 2 aromatic rings. The van der Waals surface area contributed by atoms with E-state index in [0.717, 1.165) is 30.2 Å². The molecule has 3 nitrogen and oxygen atoms in total. The fourth-order valence-corrected chi connectivity index (χ4v) is 3.53. The SMILES string of the molecule is OCCCN(Cc1csc(-c2ccccc2)n1)C1CCC1. The summed E-state index contributed by atoms with van der Waals surface area (Å²) in [5, 5.41) is 12.3. The molecule has 0 radical (unpaired) electrons. The van der Waals surface area contributed by atoms with Gasteiger partial charge < -0.3 is 5.11 Å². The van der Waals surface area contributed by atoms with E-state index in [1.807, 2.05) is 6.07 Å². The Morgan fingerprint density at radius 1 is 1.24 bits per heavy atom. The molecule has 1 fully saturated rings. The Bertz CT molecular complexity index is 551. The molecule has 4 heteroatoms. The zero-order valence-corrected chi connectivity index (χ0v) is 13.1. The summed E-state index contributed by atoms with van der Waals surface area (Å²) in [7, 11) is 0. The molecule has 112 valence electrons. The molecular weight excluding hydrogens is 280 g/mol. The van der Waals surface area contributed by atoms with Gasteiger partial charge in [-0.05, 0) is 19.3 Å². The number of aliphatic hydroxyl groups excluding tert-OH is 1. The highest BCUT2D eigenvalue weighted by Gasteiger charge is 2.25. The highest BCUT2D eigenvalue weighted by molar-refractivity contribution is 7.13. The molecule has 0 bridgehead atoms. The number of hydrogen-bond acceptors (Lipinski definition) is 4. The smallest absolute Gasteiger partial charge is 0.123 e. The van der Waals surface area contributed by atoms with Crippen molar-refractivity contribution in [1.29, 1.82) is 0 Å². The van der Waals surface area contributed by atoms with E-state index in [9.17, 15) is 0 Å². The molecule has 21 heavy (non-hydrogen) atoms. The van der Waals surface area contributed by atoms with Crippen molar-refractivity contribution in [3.8, 4) is 10.6 Å². The molecule has 1 aromatic carbocycles. The Balaban J connectivity index is 1.67. The predicted octanol–water partition coefficient (Wildman–Crippen LogP) is 3.55. The number of thiazole rings is 1. The molecule has 0 atom stereocenters. The second kappa shape index (κ2) is 7.16. The van der Waals surface area contributed by atoms with Crippen LogP contribution in [0, 0.1) is 0 Å². The molecule has 0 unspecified atom stereocenters. The van der Waals surface area contributed by atoms with Gasteiger partial charge in [-0.25, -0.2) is 4.98 Å². The van der Waals surface area contributed by atoms with Gasteiger partial charge in [0, 0.05) is 36.7 Å². The lowest BCUT2D eigenvalue weighted by molar-refractivity contribution is 0.108. The molecule has 3 rings (SSSR count). The van der Waals surface area contributed by atoms with E-state index < -0.39 is 0 Å². The van der Waals surface area contributed by atoms with Crippen LogP contribution < -0.4 is 0 Å². The predicted molar refractivity (Wildman–Crippen MR) is 87.3 cm³/mol. The van der Waals surface area contributed by atoms with Crippen molar-refractivity contribution in [2.45, 2.75) is 38.3 Å². The van der Waals surface area contributed by atoms with Crippen molar-refractivity contribution in [2.75, 3.05) is 13.2 Å². The fraction of sp³-hybridized carbons (Fsp3) is 0.471. The van der Waals surface area contributed by atoms with Gasteiger partial charge in [-0.1, -0.05) is 36.8 Å². The standard InChI is InChI=1S/C17H22N2OS/c20-11-5-10-19(16-8-4-9-16)12-15-13-21-17(18-15)14-6-2-1-3-7-14/h1-3,6-7,13,16,20H,4-5,8-12H2. The van der Waals surface area contributed by atoms with Gasteiger partial charge in [0.25, 0.3) is 0 Å². The Hall–Kier alpha value is -1.23. The third-order valence-corrected chi connectivity index (χ3v) is 5.07. The van der Waals surface area contributed by atoms with Crippen LogP contribution in [0.4, 0.5) is 0 Å². The van der Waals surface area contributed by atoms with Crippen molar-refractivity contribution < 1.29 is 5.11 Å². The van der Waals surface area contributed by atoms with Gasteiger partial charge in [-0.2, -0.15) is 0 Å². The van der Waals surface area contributed by atoms with Crippen LogP contribution in [0.15, 0.2) is 35.7 Å². The molecule has 1 N–H and O–H groups in total. The van der Waals surface area contributed by atoms with Crippen molar-refractivity contribution in [1.82, 2.24) is 9.88 Å². The Kier molecular flexibility index (Phi) is 5.01. The molecule has 0 saturated heterocycles. The number of aromatic nitrogens is 1. The zero-order chi connectivity index (χ0) is 14.5. The highest BCUT2D eigenvalue weighted by Crippen LogP contribution is 2.28. The van der Waals surface area contributed by atoms with Crippen LogP contribution in [0.2, 0.25) is 0 Å². The van der Waals surface area contributed by atoms with E-state index in [1.54, 1.807) is 11.3 Å². The second-order valence-electron chi connectivity index (χ2n) is 5.64. The minimum absolute atomic E-state index is 0.273. The topological polar surface area (TPSA) is 36.4 Å². The lowest BCUT2D eigenvalue weighted by atomic mass is 9.91. The minimum atomic E-state index is 0.273. The molecule has 1 heterocycles. The van der Waals surface area contributed by atoms with Crippen LogP contribution in [-0.2, 0) is 6.54 Å². The van der Waals surface area contributed by atoms with E-state index in [-0.39, 0.29) is 6.61 Å². The average molecular weight is 302 g/mol. The maximum absolute atomic E-state index is 9.07. The molecular formula is C17H22N2OS. The summed E-state index contributed by atoms with van der Waals surface area (Å²) in [6.07, 6.45) is 4.78. The molecule has 1 aromatic heterocycles. The first-order valence-corrected chi connectivity index (χ1v) is 8.59. The largest absolute Gasteiger partial charge is 0.396 e. The van der Waals surface area contributed by atoms with E-state index in [2.05, 4.69) is 34.5 Å². The summed E-state index contributed by atoms with van der Waals surface area (Å²) >= 11 is 1.72. The highest BCUT2D eigenvalue weighted by atomic mass is 32.1. The van der Waals surface area contributed by atoms with Crippen LogP contribution in [0.25, 0.3) is 10.6 Å². The van der Waals surface area contributed by atoms with Crippen LogP contribution in [0.1, 0.15) is 31.4 Å². The fourth-order valence-electron chi connectivity index (χ4n) is 2.72. The van der Waals surface area contributed by atoms with Crippen molar-refractivity contribution in [3.05, 3.63) is 41.4 Å². The number of rotatable bonds is 7. The third kappa shape index (κ3) is 3.70. The van der Waals surface area contributed by atoms with Crippen molar-refractivity contribution in [3.63, 3.8) is 0 Å². The summed E-state index contributed by atoms with van der Waals surface area (Å²) in [6, 6.07) is 11.1. The molecule has 1 aliphatic carbocycles. The Morgan fingerprint density at radius 3 is 2.71 bits per heavy atom. The third-order valence-electron chi connectivity index (χ3n) is 4.13. The Labute approximate surface area is 130 Å². The van der Waals surface area contributed by atoms with Gasteiger partial charge in [0.2, 0.25) is 0 Å². The lowest BCUT2D eigenvalue weighted by Gasteiger charge is -2.37. The normalized spacial score (nSPS) is 15.3. The van der Waals surface area contributed by atoms with Gasteiger partial charge in [0.15, 0.2) is 0 Å². The van der Waals surface area contributed by atoms with Crippen LogP contribution >= 0.6 is 11.3 Å². The van der Waals surface area contributed by atoms with Gasteiger partial charge in [-0.3, -0.25) is 4.90 Å². The first-order valence-electron chi connectivity index (χ1n) is 7.71. The van der Waals surface area contributed by atoms with Gasteiger partial charge in [0.1, 0.15) is 5.01 Å². The molecule has 1 aliphatic rings. The van der Waals surface area contributed by atoms with Crippen LogP contribution in [0.5, 0.6) is 0 Å². The van der Waals surface area contributed by atoms with E-state index in [1.165, 1.54) is 24.8 Å². The molecule has 0 aliphatic heterocycles. The van der Waals surface area contributed by atoms with E-state index >= 15 is 0 Å². The number of aliphatic hydroxyl groups is 1. The van der Waals surface area contributed by atoms with Gasteiger partial charge in [-0.15, -0.1) is 11.3 Å². The average Bonchev–Trinajstić information content (AvgIpc) is 2.92. The maximum atomic E-state index is 9.07. The summed E-state index contributed by atoms with van der Waals surface area (Å²) in [5.74, 6) is 0. The summed E-state index contributed by atoms with van der Waals surface area (Å²) in [5.41, 5.74) is 2.35.